The van der Waals surface area contributed by atoms with Crippen LogP contribution in [0.15, 0.2) is 34.8 Å². The monoisotopic (exact) mass is 486 g/mol. The lowest BCUT2D eigenvalue weighted by Crippen LogP contribution is -2.38. The molecule has 174 valence electrons. The van der Waals surface area contributed by atoms with Gasteiger partial charge in [-0.3, -0.25) is 14.3 Å². The molecule has 9 nitrogen and oxygen atoms in total. The van der Waals surface area contributed by atoms with Gasteiger partial charge in [-0.25, -0.2) is 4.98 Å². The van der Waals surface area contributed by atoms with Gasteiger partial charge in [0.05, 0.1) is 31.7 Å². The van der Waals surface area contributed by atoms with Crippen LogP contribution in [0.5, 0.6) is 5.75 Å². The van der Waals surface area contributed by atoms with Crippen LogP contribution in [0.4, 0.5) is 16.8 Å². The first-order chi connectivity index (χ1) is 16.2. The summed E-state index contributed by atoms with van der Waals surface area (Å²) in [6, 6.07) is 7.94. The molecule has 2 aromatic heterocycles. The van der Waals surface area contributed by atoms with Crippen LogP contribution in [-0.2, 0) is 15.3 Å². The highest BCUT2D eigenvalue weighted by molar-refractivity contribution is 7.98. The molecule has 1 saturated heterocycles. The van der Waals surface area contributed by atoms with E-state index in [-0.39, 0.29) is 5.91 Å². The van der Waals surface area contributed by atoms with Crippen molar-refractivity contribution in [3.05, 3.63) is 35.3 Å². The summed E-state index contributed by atoms with van der Waals surface area (Å²) in [6.07, 6.45) is 2.33. The number of carbonyl (C=O) groups excluding carboxylic acids is 1. The minimum atomic E-state index is -0.114. The molecule has 0 atom stereocenters. The molecule has 1 aliphatic heterocycles. The highest BCUT2D eigenvalue weighted by atomic mass is 32.2. The fraction of sp³-hybridized carbons (Fsp3) is 0.455. The lowest BCUT2D eigenvalue weighted by atomic mass is 10.2. The second-order valence-corrected chi connectivity index (χ2v) is 9.70. The van der Waals surface area contributed by atoms with Crippen molar-refractivity contribution in [3.63, 3.8) is 0 Å². The predicted molar refractivity (Wildman–Crippen MR) is 129 cm³/mol. The van der Waals surface area contributed by atoms with E-state index in [9.17, 15) is 4.79 Å². The number of methoxy groups -OCH3 is 1. The maximum Gasteiger partial charge on any atom is 0.230 e. The van der Waals surface area contributed by atoms with Gasteiger partial charge in [0.1, 0.15) is 5.75 Å². The Balaban J connectivity index is 1.33. The molecular weight excluding hydrogens is 460 g/mol. The van der Waals surface area contributed by atoms with Crippen LogP contribution in [0.2, 0.25) is 0 Å². The van der Waals surface area contributed by atoms with E-state index in [4.69, 9.17) is 14.5 Å². The topological polar surface area (TPSA) is 85.6 Å². The number of aromatic nitrogens is 4. The van der Waals surface area contributed by atoms with Crippen LogP contribution < -0.4 is 14.5 Å². The van der Waals surface area contributed by atoms with Crippen LogP contribution in [0.3, 0.4) is 0 Å². The molecule has 5 rings (SSSR count). The number of rotatable bonds is 8. The molecule has 3 aromatic rings. The smallest absolute Gasteiger partial charge is 0.230 e. The second kappa shape index (κ2) is 9.70. The fourth-order valence-corrected chi connectivity index (χ4v) is 5.70. The molecule has 0 bridgehead atoms. The van der Waals surface area contributed by atoms with E-state index in [0.717, 1.165) is 55.9 Å². The zero-order valence-electron chi connectivity index (χ0n) is 18.6. The first-order valence-electron chi connectivity index (χ1n) is 10.9. The summed E-state index contributed by atoms with van der Waals surface area (Å²) >= 11 is 3.08. The van der Waals surface area contributed by atoms with E-state index < -0.39 is 0 Å². The lowest BCUT2D eigenvalue weighted by molar-refractivity contribution is -0.115. The SMILES string of the molecule is COc1ccccc1N(C(C)=O)c1nc(CSc2nnc(N3CCOCC3)n2C2CC2)cs1. The Morgan fingerprint density at radius 1 is 1.27 bits per heavy atom. The number of anilines is 3. The summed E-state index contributed by atoms with van der Waals surface area (Å²) in [5.74, 6) is 2.12. The second-order valence-electron chi connectivity index (χ2n) is 7.92. The first-order valence-corrected chi connectivity index (χ1v) is 12.8. The largest absolute Gasteiger partial charge is 0.495 e. The van der Waals surface area contributed by atoms with Crippen LogP contribution in [0.1, 0.15) is 31.5 Å². The molecule has 2 fully saturated rings. The van der Waals surface area contributed by atoms with Crippen LogP contribution in [-0.4, -0.2) is 59.1 Å². The summed E-state index contributed by atoms with van der Waals surface area (Å²) in [7, 11) is 1.60. The van der Waals surface area contributed by atoms with Gasteiger partial charge in [0, 0.05) is 37.2 Å². The Labute approximate surface area is 200 Å². The van der Waals surface area contributed by atoms with Crippen molar-refractivity contribution >= 4 is 45.8 Å². The van der Waals surface area contributed by atoms with Crippen molar-refractivity contribution in [2.75, 3.05) is 43.2 Å². The van der Waals surface area contributed by atoms with Gasteiger partial charge in [-0.05, 0) is 25.0 Å². The Morgan fingerprint density at radius 2 is 2.06 bits per heavy atom. The standard InChI is InChI=1S/C22H26N6O3S2/c1-15(29)27(18-5-3-4-6-19(18)30-2)21-23-16(13-32-21)14-33-22-25-24-20(28(22)17-7-8-17)26-9-11-31-12-10-26/h3-6,13,17H,7-12,14H2,1-2H3. The number of ether oxygens (including phenoxy) is 2. The van der Waals surface area contributed by atoms with Crippen molar-refractivity contribution < 1.29 is 14.3 Å². The number of hydrogen-bond donors (Lipinski definition) is 0. The fourth-order valence-electron chi connectivity index (χ4n) is 3.82. The molecule has 1 saturated carbocycles. The molecular formula is C22H26N6O3S2. The molecule has 0 unspecified atom stereocenters. The van der Waals surface area contributed by atoms with Crippen molar-refractivity contribution in [3.8, 4) is 5.75 Å². The van der Waals surface area contributed by atoms with Gasteiger partial charge in [0.2, 0.25) is 11.9 Å². The highest BCUT2D eigenvalue weighted by Crippen LogP contribution is 2.42. The molecule has 1 amide bonds. The minimum Gasteiger partial charge on any atom is -0.495 e. The maximum atomic E-state index is 12.5. The Bertz CT molecular complexity index is 1120. The van der Waals surface area contributed by atoms with Crippen LogP contribution in [0.25, 0.3) is 0 Å². The van der Waals surface area contributed by atoms with Gasteiger partial charge in [0.15, 0.2) is 10.3 Å². The van der Waals surface area contributed by atoms with Crippen molar-refractivity contribution in [1.29, 1.82) is 0 Å². The molecule has 3 heterocycles. The van der Waals surface area contributed by atoms with Crippen molar-refractivity contribution in [2.45, 2.75) is 36.7 Å². The number of carbonyl (C=O) groups is 1. The third-order valence-corrected chi connectivity index (χ3v) is 7.42. The summed E-state index contributed by atoms with van der Waals surface area (Å²) < 4.78 is 13.2. The van der Waals surface area contributed by atoms with Crippen LogP contribution >= 0.6 is 23.1 Å². The Morgan fingerprint density at radius 3 is 2.79 bits per heavy atom. The van der Waals surface area contributed by atoms with Gasteiger partial charge in [0.25, 0.3) is 0 Å². The van der Waals surface area contributed by atoms with E-state index in [2.05, 4.69) is 19.7 Å². The van der Waals surface area contributed by atoms with E-state index in [0.29, 0.717) is 28.4 Å². The lowest BCUT2D eigenvalue weighted by Gasteiger charge is -2.27. The Hall–Kier alpha value is -2.63. The molecule has 1 aliphatic carbocycles. The van der Waals surface area contributed by atoms with E-state index in [1.807, 2.05) is 29.6 Å². The molecule has 2 aliphatic rings. The number of thiazole rings is 1. The van der Waals surface area contributed by atoms with Crippen LogP contribution in [0, 0.1) is 0 Å². The average Bonchev–Trinajstić information content (AvgIpc) is 3.42. The zero-order valence-corrected chi connectivity index (χ0v) is 20.3. The van der Waals surface area contributed by atoms with Gasteiger partial charge in [-0.2, -0.15) is 0 Å². The number of para-hydroxylation sites is 2. The molecule has 0 radical (unpaired) electrons. The summed E-state index contributed by atoms with van der Waals surface area (Å²) in [6.45, 7) is 4.66. The van der Waals surface area contributed by atoms with Crippen molar-refractivity contribution in [2.24, 2.45) is 0 Å². The first kappa shape index (κ1) is 22.2. The van der Waals surface area contributed by atoms with Gasteiger partial charge >= 0.3 is 0 Å². The van der Waals surface area contributed by atoms with Gasteiger partial charge in [-0.1, -0.05) is 23.9 Å². The normalized spacial score (nSPS) is 16.1. The van der Waals surface area contributed by atoms with Gasteiger partial charge in [-0.15, -0.1) is 21.5 Å². The number of hydrogen-bond acceptors (Lipinski definition) is 9. The molecule has 0 spiro atoms. The maximum absolute atomic E-state index is 12.5. The predicted octanol–water partition coefficient (Wildman–Crippen LogP) is 3.89. The summed E-state index contributed by atoms with van der Waals surface area (Å²) in [5.41, 5.74) is 1.59. The average molecular weight is 487 g/mol. The van der Waals surface area contributed by atoms with E-state index in [1.165, 1.54) is 18.3 Å². The summed E-state index contributed by atoms with van der Waals surface area (Å²) in [5, 5.41) is 12.5. The number of morpholine rings is 1. The molecule has 33 heavy (non-hydrogen) atoms. The minimum absolute atomic E-state index is 0.114. The van der Waals surface area contributed by atoms with Crippen molar-refractivity contribution in [1.82, 2.24) is 19.7 Å². The molecule has 0 N–H and O–H groups in total. The number of benzene rings is 1. The van der Waals surface area contributed by atoms with E-state index >= 15 is 0 Å². The quantitative estimate of drug-likeness (QED) is 0.443. The van der Waals surface area contributed by atoms with Gasteiger partial charge < -0.3 is 14.4 Å². The van der Waals surface area contributed by atoms with E-state index in [1.54, 1.807) is 23.8 Å². The highest BCUT2D eigenvalue weighted by Gasteiger charge is 2.32. The third-order valence-electron chi connectivity index (χ3n) is 5.57. The zero-order chi connectivity index (χ0) is 22.8. The Kier molecular flexibility index (Phi) is 6.52. The third kappa shape index (κ3) is 4.71. The number of thioether (sulfide) groups is 1. The molecule has 11 heteroatoms. The summed E-state index contributed by atoms with van der Waals surface area (Å²) in [4.78, 5) is 21.1. The number of amides is 1. The number of nitrogens with zero attached hydrogens (tertiary/aromatic N) is 6. The molecule has 1 aromatic carbocycles.